The largest absolute Gasteiger partial charge is 0.419 e. The second kappa shape index (κ2) is 6.16. The van der Waals surface area contributed by atoms with Crippen LogP contribution in [0.3, 0.4) is 0 Å². The van der Waals surface area contributed by atoms with Gasteiger partial charge in [0.05, 0.1) is 17.8 Å². The number of esters is 1. The molecule has 0 unspecified atom stereocenters. The highest BCUT2D eigenvalue weighted by atomic mass is 16.5. The van der Waals surface area contributed by atoms with Gasteiger partial charge in [0.2, 0.25) is 0 Å². The van der Waals surface area contributed by atoms with E-state index in [2.05, 4.69) is 0 Å². The molecule has 2 fully saturated rings. The zero-order valence-corrected chi connectivity index (χ0v) is 13.0. The average molecular weight is 312 g/mol. The fraction of sp³-hybridized carbons (Fsp3) is 0.444. The van der Waals surface area contributed by atoms with Crippen molar-refractivity contribution >= 4 is 5.97 Å². The lowest BCUT2D eigenvalue weighted by atomic mass is 9.96. The van der Waals surface area contributed by atoms with Crippen LogP contribution < -0.4 is 4.74 Å². The van der Waals surface area contributed by atoms with Gasteiger partial charge >= 0.3 is 5.97 Å². The van der Waals surface area contributed by atoms with Crippen molar-refractivity contribution in [3.05, 3.63) is 47.8 Å². The molecule has 1 aromatic heterocycles. The zero-order valence-electron chi connectivity index (χ0n) is 13.0. The van der Waals surface area contributed by atoms with Crippen molar-refractivity contribution in [1.82, 2.24) is 9.78 Å². The molecule has 1 saturated carbocycles. The normalized spacial score (nSPS) is 18.8. The highest BCUT2D eigenvalue weighted by molar-refractivity contribution is 5.91. The molecule has 0 spiro atoms. The topological polar surface area (TPSA) is 53.4 Å². The second-order valence-corrected chi connectivity index (χ2v) is 6.23. The summed E-state index contributed by atoms with van der Waals surface area (Å²) in [7, 11) is 0. The summed E-state index contributed by atoms with van der Waals surface area (Å²) >= 11 is 0. The average Bonchev–Trinajstić information content (AvgIpc) is 3.38. The van der Waals surface area contributed by atoms with E-state index in [4.69, 9.17) is 14.6 Å². The third-order valence-electron chi connectivity index (χ3n) is 4.47. The lowest BCUT2D eigenvalue weighted by molar-refractivity contribution is 0.0720. The van der Waals surface area contributed by atoms with Crippen LogP contribution in [0.15, 0.2) is 36.5 Å². The van der Waals surface area contributed by atoms with Crippen molar-refractivity contribution in [2.24, 2.45) is 0 Å². The van der Waals surface area contributed by atoms with E-state index in [0.717, 1.165) is 44.6 Å². The summed E-state index contributed by atoms with van der Waals surface area (Å²) in [5.74, 6) is 0.592. The molecule has 0 radical (unpaired) electrons. The number of hydrogen-bond donors (Lipinski definition) is 0. The molecule has 2 aliphatic rings. The van der Waals surface area contributed by atoms with E-state index >= 15 is 0 Å². The van der Waals surface area contributed by atoms with Gasteiger partial charge in [0, 0.05) is 19.1 Å². The Balaban J connectivity index is 1.59. The van der Waals surface area contributed by atoms with Crippen LogP contribution in [0.5, 0.6) is 5.75 Å². The highest BCUT2D eigenvalue weighted by Gasteiger charge is 2.30. The van der Waals surface area contributed by atoms with Crippen LogP contribution >= 0.6 is 0 Å². The summed E-state index contributed by atoms with van der Waals surface area (Å²) < 4.78 is 13.1. The highest BCUT2D eigenvalue weighted by Crippen LogP contribution is 2.39. The Morgan fingerprint density at radius 2 is 1.87 bits per heavy atom. The van der Waals surface area contributed by atoms with Crippen molar-refractivity contribution in [3.8, 4) is 5.75 Å². The van der Waals surface area contributed by atoms with Crippen molar-refractivity contribution in [2.45, 2.75) is 37.6 Å². The number of carbonyl (C=O) groups is 1. The minimum Gasteiger partial charge on any atom is -0.419 e. The summed E-state index contributed by atoms with van der Waals surface area (Å²) in [5, 5.41) is 4.73. The van der Waals surface area contributed by atoms with Gasteiger partial charge in [0.25, 0.3) is 0 Å². The van der Waals surface area contributed by atoms with Gasteiger partial charge in [-0.05, 0) is 37.8 Å². The first-order chi connectivity index (χ1) is 11.3. The lowest BCUT2D eigenvalue weighted by Gasteiger charge is -2.21. The monoisotopic (exact) mass is 312 g/mol. The Morgan fingerprint density at radius 3 is 2.57 bits per heavy atom. The predicted molar refractivity (Wildman–Crippen MR) is 84.7 cm³/mol. The summed E-state index contributed by atoms with van der Waals surface area (Å²) in [6.07, 6.45) is 6.06. The van der Waals surface area contributed by atoms with Gasteiger partial charge in [-0.2, -0.15) is 5.10 Å². The Bertz CT molecular complexity index is 686. The zero-order chi connectivity index (χ0) is 15.6. The first-order valence-electron chi connectivity index (χ1n) is 8.25. The number of aromatic nitrogens is 2. The number of benzene rings is 1. The molecule has 120 valence electrons. The molecule has 0 atom stereocenters. The molecule has 5 heteroatoms. The molecular weight excluding hydrogens is 292 g/mol. The Morgan fingerprint density at radius 1 is 1.13 bits per heavy atom. The number of rotatable bonds is 4. The number of ether oxygens (including phenoxy) is 2. The van der Waals surface area contributed by atoms with E-state index in [1.165, 1.54) is 0 Å². The van der Waals surface area contributed by atoms with Crippen molar-refractivity contribution in [3.63, 3.8) is 0 Å². The van der Waals surface area contributed by atoms with Gasteiger partial charge in [-0.1, -0.05) is 18.2 Å². The first kappa shape index (κ1) is 14.5. The smallest absolute Gasteiger partial charge is 0.343 e. The lowest BCUT2D eigenvalue weighted by Crippen LogP contribution is -2.16. The molecule has 0 N–H and O–H groups in total. The van der Waals surface area contributed by atoms with E-state index in [9.17, 15) is 4.79 Å². The molecule has 5 nitrogen and oxygen atoms in total. The molecule has 0 amide bonds. The van der Waals surface area contributed by atoms with Crippen molar-refractivity contribution < 1.29 is 14.3 Å². The summed E-state index contributed by atoms with van der Waals surface area (Å²) in [5.41, 5.74) is 1.47. The molecule has 1 aliphatic carbocycles. The van der Waals surface area contributed by atoms with Crippen LogP contribution in [0.2, 0.25) is 0 Å². The molecule has 1 saturated heterocycles. The Kier molecular flexibility index (Phi) is 3.87. The van der Waals surface area contributed by atoms with Crippen LogP contribution in [0.1, 0.15) is 53.7 Å². The van der Waals surface area contributed by atoms with Gasteiger partial charge in [0.15, 0.2) is 5.75 Å². The quantitative estimate of drug-likeness (QED) is 0.813. The fourth-order valence-corrected chi connectivity index (χ4v) is 2.98. The van der Waals surface area contributed by atoms with Crippen molar-refractivity contribution in [1.29, 1.82) is 0 Å². The SMILES string of the molecule is O=C(Oc1cn(C2CC2)nc1C1CCOCC1)c1ccccc1. The molecule has 2 aromatic rings. The summed E-state index contributed by atoms with van der Waals surface area (Å²) in [6.45, 7) is 1.49. The van der Waals surface area contributed by atoms with Gasteiger partial charge in [-0.3, -0.25) is 4.68 Å². The minimum atomic E-state index is -0.325. The van der Waals surface area contributed by atoms with E-state index in [0.29, 0.717) is 23.3 Å². The minimum absolute atomic E-state index is 0.308. The van der Waals surface area contributed by atoms with Gasteiger partial charge in [0.1, 0.15) is 5.69 Å². The van der Waals surface area contributed by atoms with E-state index in [-0.39, 0.29) is 5.97 Å². The molecule has 4 rings (SSSR count). The van der Waals surface area contributed by atoms with Crippen LogP contribution in [-0.4, -0.2) is 29.0 Å². The van der Waals surface area contributed by atoms with E-state index in [1.807, 2.05) is 29.1 Å². The second-order valence-electron chi connectivity index (χ2n) is 6.23. The summed E-state index contributed by atoms with van der Waals surface area (Å²) in [6, 6.07) is 9.56. The molecule has 0 bridgehead atoms. The number of carbonyl (C=O) groups excluding carboxylic acids is 1. The predicted octanol–water partition coefficient (Wildman–Crippen LogP) is 3.33. The molecule has 1 aliphatic heterocycles. The number of hydrogen-bond acceptors (Lipinski definition) is 4. The number of nitrogens with zero attached hydrogens (tertiary/aromatic N) is 2. The Labute approximate surface area is 135 Å². The van der Waals surface area contributed by atoms with Gasteiger partial charge < -0.3 is 9.47 Å². The fourth-order valence-electron chi connectivity index (χ4n) is 2.98. The van der Waals surface area contributed by atoms with E-state index in [1.54, 1.807) is 12.1 Å². The van der Waals surface area contributed by atoms with Crippen LogP contribution in [0.25, 0.3) is 0 Å². The molecular formula is C18H20N2O3. The third-order valence-corrected chi connectivity index (χ3v) is 4.47. The van der Waals surface area contributed by atoms with Crippen LogP contribution in [0.4, 0.5) is 0 Å². The maximum atomic E-state index is 12.4. The van der Waals surface area contributed by atoms with Crippen LogP contribution in [-0.2, 0) is 4.74 Å². The van der Waals surface area contributed by atoms with Crippen molar-refractivity contribution in [2.75, 3.05) is 13.2 Å². The maximum absolute atomic E-state index is 12.4. The molecule has 1 aromatic carbocycles. The Hall–Kier alpha value is -2.14. The maximum Gasteiger partial charge on any atom is 0.343 e. The van der Waals surface area contributed by atoms with Crippen LogP contribution in [0, 0.1) is 0 Å². The van der Waals surface area contributed by atoms with Gasteiger partial charge in [-0.25, -0.2) is 4.79 Å². The molecule has 2 heterocycles. The molecule has 23 heavy (non-hydrogen) atoms. The standard InChI is InChI=1S/C18H20N2O3/c21-18(14-4-2-1-3-5-14)23-16-12-20(15-6-7-15)19-17(16)13-8-10-22-11-9-13/h1-5,12-13,15H,6-11H2. The first-order valence-corrected chi connectivity index (χ1v) is 8.25. The van der Waals surface area contributed by atoms with E-state index < -0.39 is 0 Å². The van der Waals surface area contributed by atoms with Gasteiger partial charge in [-0.15, -0.1) is 0 Å². The summed E-state index contributed by atoms with van der Waals surface area (Å²) in [4.78, 5) is 12.4. The third kappa shape index (κ3) is 3.15.